The number of carbonyl (C=O) groups excluding carboxylic acids is 2. The minimum absolute atomic E-state index is 0.0851. The van der Waals surface area contributed by atoms with Gasteiger partial charge in [-0.1, -0.05) is 62.5 Å². The van der Waals surface area contributed by atoms with E-state index >= 15 is 0 Å². The summed E-state index contributed by atoms with van der Waals surface area (Å²) >= 11 is 0. The first-order valence-corrected chi connectivity index (χ1v) is 13.1. The topological polar surface area (TPSA) is 55.8 Å². The Morgan fingerprint density at radius 3 is 2.21 bits per heavy atom. The highest BCUT2D eigenvalue weighted by atomic mass is 28.3. The van der Waals surface area contributed by atoms with Crippen molar-refractivity contribution in [3.05, 3.63) is 30.3 Å². The third kappa shape index (κ3) is 4.12. The van der Waals surface area contributed by atoms with Gasteiger partial charge < -0.3 is 9.47 Å². The molecule has 6 heteroatoms. The number of ether oxygens (including phenoxy) is 2. The SMILES string of the molecule is COC(=O)[C@@]1(C(C)C)C[C@@H]([Si](C)(C)c2ccccc2)CN1C(=O)OC(C)(C)C. The number of carbonyl (C=O) groups is 2. The standard InChI is InChI=1S/C22H35NO4Si/c1-16(2)22(19(24)26-6)14-18(15-23(22)20(25)27-21(3,4)5)28(7,8)17-12-10-9-11-13-17/h9-13,16,18H,14-15H2,1-8H3/t18-,22+/m1/s1. The van der Waals surface area contributed by atoms with Gasteiger partial charge in [-0.15, -0.1) is 0 Å². The lowest BCUT2D eigenvalue weighted by molar-refractivity contribution is -0.156. The number of amides is 1. The number of rotatable bonds is 4. The smallest absolute Gasteiger partial charge is 0.411 e. The van der Waals surface area contributed by atoms with Gasteiger partial charge in [0, 0.05) is 6.54 Å². The summed E-state index contributed by atoms with van der Waals surface area (Å²) in [6, 6.07) is 10.5. The van der Waals surface area contributed by atoms with Crippen molar-refractivity contribution >= 4 is 25.3 Å². The van der Waals surface area contributed by atoms with E-state index in [1.54, 1.807) is 4.90 Å². The second-order valence-electron chi connectivity index (χ2n) is 9.65. The van der Waals surface area contributed by atoms with Crippen LogP contribution >= 0.6 is 0 Å². The van der Waals surface area contributed by atoms with Crippen molar-refractivity contribution in [1.82, 2.24) is 4.90 Å². The Labute approximate surface area is 170 Å². The van der Waals surface area contributed by atoms with Gasteiger partial charge in [0.25, 0.3) is 0 Å². The number of esters is 1. The summed E-state index contributed by atoms with van der Waals surface area (Å²) in [7, 11) is -0.548. The van der Waals surface area contributed by atoms with E-state index in [0.29, 0.717) is 13.0 Å². The van der Waals surface area contributed by atoms with Crippen molar-refractivity contribution in [1.29, 1.82) is 0 Å². The van der Waals surface area contributed by atoms with Crippen molar-refractivity contribution in [2.75, 3.05) is 13.7 Å². The van der Waals surface area contributed by atoms with E-state index < -0.39 is 25.3 Å². The molecule has 1 aromatic carbocycles. The third-order valence-electron chi connectivity index (χ3n) is 6.09. The summed E-state index contributed by atoms with van der Waals surface area (Å²) in [5.74, 6) is -0.438. The predicted octanol–water partition coefficient (Wildman–Crippen LogP) is 4.18. The van der Waals surface area contributed by atoms with E-state index in [2.05, 4.69) is 37.4 Å². The first kappa shape index (κ1) is 22.5. The molecule has 1 heterocycles. The van der Waals surface area contributed by atoms with Crippen molar-refractivity contribution in [3.8, 4) is 0 Å². The van der Waals surface area contributed by atoms with Crippen LogP contribution in [0.3, 0.4) is 0 Å². The Balaban J connectivity index is 2.49. The van der Waals surface area contributed by atoms with Crippen LogP contribution in [-0.4, -0.2) is 49.8 Å². The Morgan fingerprint density at radius 2 is 1.75 bits per heavy atom. The van der Waals surface area contributed by atoms with Gasteiger partial charge in [0.15, 0.2) is 0 Å². The molecule has 0 aromatic heterocycles. The normalized spacial score (nSPS) is 23.0. The number of benzene rings is 1. The molecule has 0 saturated carbocycles. The molecule has 0 spiro atoms. The largest absolute Gasteiger partial charge is 0.467 e. The van der Waals surface area contributed by atoms with Crippen LogP contribution in [0.4, 0.5) is 4.79 Å². The minimum atomic E-state index is -1.94. The predicted molar refractivity (Wildman–Crippen MR) is 114 cm³/mol. The molecule has 0 unspecified atom stereocenters. The molecular formula is C22H35NO4Si. The van der Waals surface area contributed by atoms with Crippen LogP contribution in [0.1, 0.15) is 41.0 Å². The zero-order chi connectivity index (χ0) is 21.3. The molecule has 5 nitrogen and oxygen atoms in total. The lowest BCUT2D eigenvalue weighted by atomic mass is 9.84. The lowest BCUT2D eigenvalue weighted by Crippen LogP contribution is -2.57. The van der Waals surface area contributed by atoms with Gasteiger partial charge in [0.1, 0.15) is 11.1 Å². The average Bonchev–Trinajstić information content (AvgIpc) is 3.03. The lowest BCUT2D eigenvalue weighted by Gasteiger charge is -2.39. The van der Waals surface area contributed by atoms with Crippen LogP contribution in [0.5, 0.6) is 0 Å². The maximum atomic E-state index is 13.1. The Morgan fingerprint density at radius 1 is 1.18 bits per heavy atom. The number of likely N-dealkylation sites (tertiary alicyclic amines) is 1. The second kappa shape index (κ2) is 7.89. The van der Waals surface area contributed by atoms with Gasteiger partial charge in [0.2, 0.25) is 0 Å². The fraction of sp³-hybridized carbons (Fsp3) is 0.636. The molecule has 2 atom stereocenters. The van der Waals surface area contributed by atoms with E-state index in [1.807, 2.05) is 40.7 Å². The zero-order valence-electron chi connectivity index (χ0n) is 18.5. The Kier molecular flexibility index (Phi) is 6.33. The monoisotopic (exact) mass is 405 g/mol. The molecule has 1 amide bonds. The molecule has 1 aromatic rings. The van der Waals surface area contributed by atoms with Crippen molar-refractivity contribution in [2.24, 2.45) is 5.92 Å². The van der Waals surface area contributed by atoms with Gasteiger partial charge in [-0.3, -0.25) is 4.90 Å². The maximum absolute atomic E-state index is 13.1. The van der Waals surface area contributed by atoms with E-state index in [4.69, 9.17) is 9.47 Å². The highest BCUT2D eigenvalue weighted by Crippen LogP contribution is 2.47. The molecule has 0 radical (unpaired) electrons. The molecule has 0 bridgehead atoms. The Hall–Kier alpha value is -1.82. The zero-order valence-corrected chi connectivity index (χ0v) is 19.5. The molecule has 2 rings (SSSR count). The second-order valence-corrected chi connectivity index (χ2v) is 14.5. The van der Waals surface area contributed by atoms with Crippen LogP contribution in [0.15, 0.2) is 30.3 Å². The van der Waals surface area contributed by atoms with Crippen LogP contribution in [0, 0.1) is 5.92 Å². The van der Waals surface area contributed by atoms with Crippen LogP contribution in [0.25, 0.3) is 0 Å². The van der Waals surface area contributed by atoms with Crippen molar-refractivity contribution in [3.63, 3.8) is 0 Å². The van der Waals surface area contributed by atoms with Crippen molar-refractivity contribution < 1.29 is 19.1 Å². The molecule has 1 aliphatic rings. The summed E-state index contributed by atoms with van der Waals surface area (Å²) in [6.07, 6.45) is 0.164. The fourth-order valence-electron chi connectivity index (χ4n) is 4.23. The molecule has 0 aliphatic carbocycles. The van der Waals surface area contributed by atoms with E-state index in [1.165, 1.54) is 12.3 Å². The van der Waals surface area contributed by atoms with Crippen LogP contribution in [0.2, 0.25) is 18.6 Å². The first-order chi connectivity index (χ1) is 12.9. The molecular weight excluding hydrogens is 370 g/mol. The van der Waals surface area contributed by atoms with E-state index in [-0.39, 0.29) is 17.4 Å². The highest BCUT2D eigenvalue weighted by molar-refractivity contribution is 6.91. The highest BCUT2D eigenvalue weighted by Gasteiger charge is 2.59. The van der Waals surface area contributed by atoms with Gasteiger partial charge in [-0.25, -0.2) is 9.59 Å². The first-order valence-electron chi connectivity index (χ1n) is 10.0. The van der Waals surface area contributed by atoms with Gasteiger partial charge in [0.05, 0.1) is 15.2 Å². The number of nitrogens with zero attached hydrogens (tertiary/aromatic N) is 1. The number of hydrogen-bond donors (Lipinski definition) is 0. The summed E-state index contributed by atoms with van der Waals surface area (Å²) < 4.78 is 10.9. The quantitative estimate of drug-likeness (QED) is 0.557. The maximum Gasteiger partial charge on any atom is 0.411 e. The number of hydrogen-bond acceptors (Lipinski definition) is 4. The molecule has 156 valence electrons. The average molecular weight is 406 g/mol. The molecule has 1 fully saturated rings. The number of methoxy groups -OCH3 is 1. The summed E-state index contributed by atoms with van der Waals surface area (Å²) in [5.41, 5.74) is -1.40. The summed E-state index contributed by atoms with van der Waals surface area (Å²) in [5, 5.41) is 1.33. The molecule has 28 heavy (non-hydrogen) atoms. The van der Waals surface area contributed by atoms with Gasteiger partial charge in [-0.2, -0.15) is 0 Å². The Bertz CT molecular complexity index is 711. The van der Waals surface area contributed by atoms with E-state index in [9.17, 15) is 9.59 Å². The summed E-state index contributed by atoms with van der Waals surface area (Å²) in [6.45, 7) is 14.6. The molecule has 1 aliphatic heterocycles. The third-order valence-corrected chi connectivity index (χ3v) is 10.3. The minimum Gasteiger partial charge on any atom is -0.467 e. The van der Waals surface area contributed by atoms with Crippen LogP contribution < -0.4 is 5.19 Å². The molecule has 1 saturated heterocycles. The van der Waals surface area contributed by atoms with Gasteiger partial charge in [-0.05, 0) is 38.7 Å². The fourth-order valence-corrected chi connectivity index (χ4v) is 7.21. The van der Waals surface area contributed by atoms with Gasteiger partial charge >= 0.3 is 12.1 Å². The van der Waals surface area contributed by atoms with E-state index in [0.717, 1.165) is 0 Å². The van der Waals surface area contributed by atoms with Crippen LogP contribution in [-0.2, 0) is 14.3 Å². The van der Waals surface area contributed by atoms with Crippen molar-refractivity contribution in [2.45, 2.75) is 70.8 Å². The summed E-state index contributed by atoms with van der Waals surface area (Å²) in [4.78, 5) is 27.8. The molecule has 0 N–H and O–H groups in total.